The van der Waals surface area contributed by atoms with E-state index in [9.17, 15) is 8.78 Å². The molecular formula is C23H29ClF2N2O. The van der Waals surface area contributed by atoms with Crippen molar-refractivity contribution in [2.45, 2.75) is 58.5 Å². The number of nitrogens with two attached hydrogens (primary N) is 1. The average Bonchev–Trinajstić information content (AvgIpc) is 3.05. The number of nitrogens with zero attached hydrogens (tertiary/aromatic N) is 1. The van der Waals surface area contributed by atoms with E-state index in [1.165, 1.54) is 16.7 Å². The first-order valence-corrected chi connectivity index (χ1v) is 10.1. The Labute approximate surface area is 176 Å². The number of likely N-dealkylation sites (tertiary alicyclic amines) is 1. The van der Waals surface area contributed by atoms with Crippen molar-refractivity contribution in [2.24, 2.45) is 5.73 Å². The number of amides is 1. The predicted octanol–water partition coefficient (Wildman–Crippen LogP) is 5.59. The van der Waals surface area contributed by atoms with Crippen LogP contribution in [0.3, 0.4) is 0 Å². The van der Waals surface area contributed by atoms with Crippen molar-refractivity contribution >= 4 is 18.0 Å². The van der Waals surface area contributed by atoms with Crippen LogP contribution in [0.5, 0.6) is 0 Å². The molecule has 6 heteroatoms. The maximum atomic E-state index is 13.3. The van der Waals surface area contributed by atoms with Crippen LogP contribution in [0.15, 0.2) is 36.4 Å². The van der Waals surface area contributed by atoms with Crippen LogP contribution in [-0.2, 0) is 17.8 Å². The Morgan fingerprint density at radius 3 is 2.52 bits per heavy atom. The minimum atomic E-state index is -2.67. The summed E-state index contributed by atoms with van der Waals surface area (Å²) in [5, 5.41) is 0.766. The van der Waals surface area contributed by atoms with E-state index < -0.39 is 5.92 Å². The summed E-state index contributed by atoms with van der Waals surface area (Å²) in [6, 6.07) is 12.2. The Morgan fingerprint density at radius 1 is 1.21 bits per heavy atom. The van der Waals surface area contributed by atoms with Gasteiger partial charge in [-0.3, -0.25) is 9.69 Å². The van der Waals surface area contributed by atoms with Gasteiger partial charge in [0.25, 0.3) is 0 Å². The lowest BCUT2D eigenvalue weighted by Crippen LogP contribution is -2.24. The van der Waals surface area contributed by atoms with E-state index >= 15 is 0 Å². The third-order valence-corrected chi connectivity index (χ3v) is 5.49. The van der Waals surface area contributed by atoms with E-state index in [0.29, 0.717) is 11.6 Å². The first-order chi connectivity index (χ1) is 13.6. The first kappa shape index (κ1) is 23.3. The van der Waals surface area contributed by atoms with E-state index in [4.69, 9.17) is 16.4 Å². The predicted molar refractivity (Wildman–Crippen MR) is 114 cm³/mol. The second-order valence-corrected chi connectivity index (χ2v) is 8.21. The van der Waals surface area contributed by atoms with Crippen LogP contribution in [0, 0.1) is 13.8 Å². The molecule has 0 aliphatic carbocycles. The number of benzene rings is 2. The molecule has 0 radical (unpaired) electrons. The van der Waals surface area contributed by atoms with E-state index in [-0.39, 0.29) is 12.8 Å². The maximum absolute atomic E-state index is 13.3. The van der Waals surface area contributed by atoms with Crippen molar-refractivity contribution in [3.8, 4) is 0 Å². The molecule has 0 aromatic heterocycles. The van der Waals surface area contributed by atoms with E-state index in [0.717, 1.165) is 43.4 Å². The smallest absolute Gasteiger partial charge is 0.249 e. The third-order valence-electron chi connectivity index (χ3n) is 5.26. The van der Waals surface area contributed by atoms with E-state index in [2.05, 4.69) is 23.6 Å². The van der Waals surface area contributed by atoms with Gasteiger partial charge in [-0.15, -0.1) is 0 Å². The Morgan fingerprint density at radius 2 is 1.90 bits per heavy atom. The minimum absolute atomic E-state index is 0.204. The molecule has 1 aliphatic heterocycles. The van der Waals surface area contributed by atoms with Gasteiger partial charge in [-0.05, 0) is 80.1 Å². The standard InChI is InChI=1S/C22H26ClF2N.CH3NO/c1-15-6-8-19(23)12-18(15)14-26-10-4-5-21(26)20-9-7-17(11-16(20)2)13-22(3,24)25;2-1-3/h6-9,11-12,21H,4-5,10,13-14H2,1-3H3;1H,(H2,2,3). The van der Waals surface area contributed by atoms with Crippen LogP contribution in [0.4, 0.5) is 8.78 Å². The molecular weight excluding hydrogens is 394 g/mol. The average molecular weight is 423 g/mol. The largest absolute Gasteiger partial charge is 0.372 e. The van der Waals surface area contributed by atoms with Crippen LogP contribution in [0.25, 0.3) is 0 Å². The summed E-state index contributed by atoms with van der Waals surface area (Å²) in [6.45, 7) is 7.04. The van der Waals surface area contributed by atoms with Gasteiger partial charge in [-0.1, -0.05) is 35.9 Å². The van der Waals surface area contributed by atoms with Gasteiger partial charge in [-0.25, -0.2) is 8.78 Å². The molecule has 1 aliphatic rings. The Hall–Kier alpha value is -1.98. The molecule has 0 bridgehead atoms. The Kier molecular flexibility index (Phi) is 8.17. The fraction of sp³-hybridized carbons (Fsp3) is 0.435. The number of alkyl halides is 2. The highest BCUT2D eigenvalue weighted by Gasteiger charge is 2.28. The van der Waals surface area contributed by atoms with Crippen molar-refractivity contribution in [1.29, 1.82) is 0 Å². The number of aryl methyl sites for hydroxylation is 2. The first-order valence-electron chi connectivity index (χ1n) is 9.76. The fourth-order valence-corrected chi connectivity index (χ4v) is 4.17. The highest BCUT2D eigenvalue weighted by molar-refractivity contribution is 6.30. The van der Waals surface area contributed by atoms with Crippen LogP contribution in [-0.4, -0.2) is 23.8 Å². The van der Waals surface area contributed by atoms with Crippen molar-refractivity contribution in [2.75, 3.05) is 6.54 Å². The lowest BCUT2D eigenvalue weighted by Gasteiger charge is -2.27. The number of hydrogen-bond donors (Lipinski definition) is 1. The lowest BCUT2D eigenvalue weighted by molar-refractivity contribution is -0.106. The SMILES string of the molecule is Cc1ccc(Cl)cc1CN1CCCC1c1ccc(CC(C)(F)F)cc1C.NC=O. The van der Waals surface area contributed by atoms with Crippen molar-refractivity contribution in [3.63, 3.8) is 0 Å². The molecule has 0 saturated carbocycles. The number of carbonyl (C=O) groups excluding carboxylic acids is 1. The summed E-state index contributed by atoms with van der Waals surface area (Å²) in [7, 11) is 0. The van der Waals surface area contributed by atoms with Gasteiger partial charge >= 0.3 is 0 Å². The molecule has 0 spiro atoms. The normalized spacial score (nSPS) is 17.0. The lowest BCUT2D eigenvalue weighted by atomic mass is 9.95. The number of halogens is 3. The summed E-state index contributed by atoms with van der Waals surface area (Å²) >= 11 is 6.17. The van der Waals surface area contributed by atoms with E-state index in [1.807, 2.05) is 37.3 Å². The number of primary amides is 1. The third kappa shape index (κ3) is 6.79. The Balaban J connectivity index is 0.000000941. The molecule has 158 valence electrons. The molecule has 1 amide bonds. The zero-order chi connectivity index (χ0) is 21.6. The van der Waals surface area contributed by atoms with Gasteiger partial charge in [0.15, 0.2) is 0 Å². The molecule has 29 heavy (non-hydrogen) atoms. The van der Waals surface area contributed by atoms with Crippen molar-refractivity contribution in [1.82, 2.24) is 4.90 Å². The maximum Gasteiger partial charge on any atom is 0.249 e. The Bertz CT molecular complexity index is 836. The molecule has 2 aromatic rings. The molecule has 2 aromatic carbocycles. The summed E-state index contributed by atoms with van der Waals surface area (Å²) in [4.78, 5) is 11.1. The zero-order valence-corrected chi connectivity index (χ0v) is 18.0. The van der Waals surface area contributed by atoms with Crippen molar-refractivity contribution < 1.29 is 13.6 Å². The quantitative estimate of drug-likeness (QED) is 0.638. The summed E-state index contributed by atoms with van der Waals surface area (Å²) in [5.74, 6) is -2.67. The van der Waals surface area contributed by atoms with Gasteiger partial charge in [-0.2, -0.15) is 0 Å². The second-order valence-electron chi connectivity index (χ2n) is 7.77. The van der Waals surface area contributed by atoms with Gasteiger partial charge in [0.1, 0.15) is 0 Å². The molecule has 1 unspecified atom stereocenters. The fourth-order valence-electron chi connectivity index (χ4n) is 3.98. The van der Waals surface area contributed by atoms with Crippen molar-refractivity contribution in [3.05, 3.63) is 69.2 Å². The van der Waals surface area contributed by atoms with Gasteiger partial charge in [0, 0.05) is 24.0 Å². The monoisotopic (exact) mass is 422 g/mol. The van der Waals surface area contributed by atoms with Gasteiger partial charge in [0.2, 0.25) is 12.3 Å². The molecule has 2 N–H and O–H groups in total. The molecule has 3 rings (SSSR count). The molecule has 1 heterocycles. The van der Waals surface area contributed by atoms with E-state index in [1.54, 1.807) is 0 Å². The highest BCUT2D eigenvalue weighted by atomic mass is 35.5. The number of hydrogen-bond acceptors (Lipinski definition) is 2. The molecule has 1 fully saturated rings. The van der Waals surface area contributed by atoms with Gasteiger partial charge < -0.3 is 5.73 Å². The van der Waals surface area contributed by atoms with Crippen LogP contribution < -0.4 is 5.73 Å². The second kappa shape index (κ2) is 10.2. The van der Waals surface area contributed by atoms with Crippen LogP contribution in [0.2, 0.25) is 5.02 Å². The van der Waals surface area contributed by atoms with Crippen LogP contribution >= 0.6 is 11.6 Å². The summed E-state index contributed by atoms with van der Waals surface area (Å²) in [5.41, 5.74) is 9.73. The number of carbonyl (C=O) groups is 1. The molecule has 1 saturated heterocycles. The topological polar surface area (TPSA) is 46.3 Å². The summed E-state index contributed by atoms with van der Waals surface area (Å²) in [6.07, 6.45) is 2.30. The minimum Gasteiger partial charge on any atom is -0.372 e. The van der Waals surface area contributed by atoms with Crippen LogP contribution in [0.1, 0.15) is 53.6 Å². The van der Waals surface area contributed by atoms with Gasteiger partial charge in [0.05, 0.1) is 0 Å². The molecule has 1 atom stereocenters. The molecule has 3 nitrogen and oxygen atoms in total. The summed E-state index contributed by atoms with van der Waals surface area (Å²) < 4.78 is 26.6. The zero-order valence-electron chi connectivity index (χ0n) is 17.2. The number of rotatable bonds is 5. The highest BCUT2D eigenvalue weighted by Crippen LogP contribution is 2.36.